The Bertz CT molecular complexity index is 763. The highest BCUT2D eigenvalue weighted by atomic mass is 16.5. The van der Waals surface area contributed by atoms with Gasteiger partial charge in [0.15, 0.2) is 0 Å². The first-order valence-corrected chi connectivity index (χ1v) is 7.96. The third-order valence-corrected chi connectivity index (χ3v) is 4.10. The number of aromatic nitrogens is 1. The van der Waals surface area contributed by atoms with E-state index in [-0.39, 0.29) is 5.92 Å². The monoisotopic (exact) mass is 313 g/mol. The van der Waals surface area contributed by atoms with Crippen molar-refractivity contribution in [3.8, 4) is 0 Å². The first kappa shape index (κ1) is 15.9. The molecule has 0 aliphatic carbocycles. The fourth-order valence-corrected chi connectivity index (χ4v) is 3.16. The van der Waals surface area contributed by atoms with Crippen LogP contribution in [0, 0.1) is 0 Å². The Hall–Kier alpha value is -1.98. The van der Waals surface area contributed by atoms with Crippen LogP contribution < -0.4 is 5.73 Å². The highest BCUT2D eigenvalue weighted by Gasteiger charge is 2.34. The molecule has 23 heavy (non-hydrogen) atoms. The maximum Gasteiger partial charge on any atom is 0.150 e. The van der Waals surface area contributed by atoms with Gasteiger partial charge in [0.05, 0.1) is 23.4 Å². The van der Waals surface area contributed by atoms with Crippen LogP contribution >= 0.6 is 0 Å². The van der Waals surface area contributed by atoms with Crippen molar-refractivity contribution in [3.63, 3.8) is 0 Å². The van der Waals surface area contributed by atoms with Crippen LogP contribution in [0.5, 0.6) is 0 Å². The minimum absolute atomic E-state index is 0.00764. The van der Waals surface area contributed by atoms with E-state index in [9.17, 15) is 5.11 Å². The summed E-state index contributed by atoms with van der Waals surface area (Å²) in [5, 5.41) is 11.4. The summed E-state index contributed by atoms with van der Waals surface area (Å²) in [5.74, 6) is 0.428. The summed E-state index contributed by atoms with van der Waals surface area (Å²) in [4.78, 5) is 9.16. The van der Waals surface area contributed by atoms with E-state index < -0.39 is 5.60 Å². The molecule has 1 atom stereocenters. The molecule has 0 amide bonds. The zero-order valence-electron chi connectivity index (χ0n) is 13.8. The number of benzene rings is 1. The largest absolute Gasteiger partial charge is 0.390 e. The maximum absolute atomic E-state index is 10.3. The number of aliphatic hydroxyl groups is 1. The topological polar surface area (TPSA) is 80.7 Å². The predicted molar refractivity (Wildman–Crippen MR) is 93.4 cm³/mol. The lowest BCUT2D eigenvalue weighted by atomic mass is 9.84. The van der Waals surface area contributed by atoms with Crippen LogP contribution in [0.15, 0.2) is 29.3 Å². The van der Waals surface area contributed by atoms with Gasteiger partial charge in [0.25, 0.3) is 0 Å². The number of nitrogens with zero attached hydrogens (tertiary/aromatic N) is 2. The Balaban J connectivity index is 2.15. The van der Waals surface area contributed by atoms with E-state index in [0.29, 0.717) is 25.5 Å². The molecule has 0 bridgehead atoms. The summed E-state index contributed by atoms with van der Waals surface area (Å²) in [7, 11) is 0. The Morgan fingerprint density at radius 3 is 2.74 bits per heavy atom. The SMILES string of the molecule is CCOCC1=Nc2c(N)nc3ccccc3c2C1CC(C)(C)O. The van der Waals surface area contributed by atoms with Crippen LogP contribution in [0.1, 0.15) is 38.7 Å². The molecule has 1 aromatic carbocycles. The second-order valence-electron chi connectivity index (χ2n) is 6.59. The Morgan fingerprint density at radius 2 is 2.04 bits per heavy atom. The van der Waals surface area contributed by atoms with E-state index in [1.54, 1.807) is 0 Å². The van der Waals surface area contributed by atoms with E-state index in [4.69, 9.17) is 15.5 Å². The van der Waals surface area contributed by atoms with Gasteiger partial charge in [-0.15, -0.1) is 0 Å². The molecular formula is C18H23N3O2. The summed E-state index contributed by atoms with van der Waals surface area (Å²) in [6.45, 7) is 6.66. The Kier molecular flexibility index (Phi) is 4.08. The van der Waals surface area contributed by atoms with Gasteiger partial charge >= 0.3 is 0 Å². The van der Waals surface area contributed by atoms with Crippen LogP contribution in [0.25, 0.3) is 10.9 Å². The fraction of sp³-hybridized carbons (Fsp3) is 0.444. The number of para-hydroxylation sites is 1. The van der Waals surface area contributed by atoms with Crippen LogP contribution in [0.4, 0.5) is 11.5 Å². The number of anilines is 1. The lowest BCUT2D eigenvalue weighted by Gasteiger charge is -2.24. The zero-order valence-corrected chi connectivity index (χ0v) is 13.8. The number of fused-ring (bicyclic) bond motifs is 3. The van der Waals surface area contributed by atoms with Crippen molar-refractivity contribution in [2.24, 2.45) is 4.99 Å². The summed E-state index contributed by atoms with van der Waals surface area (Å²) >= 11 is 0. The van der Waals surface area contributed by atoms with E-state index >= 15 is 0 Å². The smallest absolute Gasteiger partial charge is 0.150 e. The van der Waals surface area contributed by atoms with Crippen molar-refractivity contribution in [3.05, 3.63) is 29.8 Å². The first-order valence-electron chi connectivity index (χ1n) is 7.96. The number of hydrogen-bond acceptors (Lipinski definition) is 5. The standard InChI is InChI=1S/C18H23N3O2/c1-4-23-10-14-12(9-18(2,3)22)15-11-7-5-6-8-13(11)21-17(19)16(15)20-14/h5-8,12,22H,4,9-10H2,1-3H3,(H2,19,21). The molecule has 0 radical (unpaired) electrons. The molecule has 122 valence electrons. The number of nitrogens with two attached hydrogens (primary N) is 1. The lowest BCUT2D eigenvalue weighted by Crippen LogP contribution is -2.27. The first-order chi connectivity index (χ1) is 10.9. The van der Waals surface area contributed by atoms with Crippen molar-refractivity contribution in [2.75, 3.05) is 18.9 Å². The Morgan fingerprint density at radius 1 is 1.30 bits per heavy atom. The van der Waals surface area contributed by atoms with Gasteiger partial charge in [0, 0.05) is 17.9 Å². The normalized spacial score (nSPS) is 17.4. The van der Waals surface area contributed by atoms with E-state index in [1.165, 1.54) is 0 Å². The number of pyridine rings is 1. The second-order valence-corrected chi connectivity index (χ2v) is 6.59. The third-order valence-electron chi connectivity index (χ3n) is 4.10. The summed E-state index contributed by atoms with van der Waals surface area (Å²) in [6.07, 6.45) is 0.569. The molecule has 3 N–H and O–H groups in total. The van der Waals surface area contributed by atoms with Gasteiger partial charge in [-0.3, -0.25) is 4.99 Å². The minimum Gasteiger partial charge on any atom is -0.390 e. The van der Waals surface area contributed by atoms with Gasteiger partial charge in [-0.05, 0) is 38.8 Å². The molecule has 2 heterocycles. The molecule has 5 heteroatoms. The third kappa shape index (κ3) is 3.07. The molecule has 5 nitrogen and oxygen atoms in total. The zero-order chi connectivity index (χ0) is 16.6. The number of aliphatic imine (C=N–C) groups is 1. The van der Waals surface area contributed by atoms with Crippen LogP contribution in [0.3, 0.4) is 0 Å². The van der Waals surface area contributed by atoms with E-state index in [0.717, 1.165) is 27.9 Å². The van der Waals surface area contributed by atoms with Gasteiger partial charge in [0.1, 0.15) is 11.5 Å². The number of hydrogen-bond donors (Lipinski definition) is 2. The molecule has 0 saturated heterocycles. The molecule has 1 unspecified atom stereocenters. The summed E-state index contributed by atoms with van der Waals surface area (Å²) in [6, 6.07) is 7.93. The number of nitrogen functional groups attached to an aromatic ring is 1. The molecule has 1 aromatic heterocycles. The van der Waals surface area contributed by atoms with Crippen LogP contribution in [-0.2, 0) is 4.74 Å². The highest BCUT2D eigenvalue weighted by Crippen LogP contribution is 2.46. The van der Waals surface area contributed by atoms with Crippen LogP contribution in [-0.4, -0.2) is 34.6 Å². The molecule has 0 saturated carbocycles. The highest BCUT2D eigenvalue weighted by molar-refractivity contribution is 6.06. The molecule has 0 spiro atoms. The molecular weight excluding hydrogens is 290 g/mol. The van der Waals surface area contributed by atoms with Gasteiger partial charge in [0.2, 0.25) is 0 Å². The quantitative estimate of drug-likeness (QED) is 0.888. The summed E-state index contributed by atoms with van der Waals surface area (Å²) < 4.78 is 5.57. The predicted octanol–water partition coefficient (Wildman–Crippen LogP) is 3.18. The lowest BCUT2D eigenvalue weighted by molar-refractivity contribution is 0.0684. The molecule has 3 rings (SSSR count). The maximum atomic E-state index is 10.3. The van der Waals surface area contributed by atoms with Gasteiger partial charge in [-0.1, -0.05) is 18.2 Å². The molecule has 0 fully saturated rings. The second kappa shape index (κ2) is 5.91. The summed E-state index contributed by atoms with van der Waals surface area (Å²) in [5.41, 5.74) is 8.89. The van der Waals surface area contributed by atoms with E-state index in [2.05, 4.69) is 4.98 Å². The molecule has 1 aliphatic heterocycles. The number of ether oxygens (including phenoxy) is 1. The van der Waals surface area contributed by atoms with Crippen molar-refractivity contribution < 1.29 is 9.84 Å². The van der Waals surface area contributed by atoms with Crippen molar-refractivity contribution >= 4 is 28.1 Å². The van der Waals surface area contributed by atoms with Gasteiger partial charge in [-0.2, -0.15) is 0 Å². The van der Waals surface area contributed by atoms with Crippen molar-refractivity contribution in [1.82, 2.24) is 4.98 Å². The van der Waals surface area contributed by atoms with E-state index in [1.807, 2.05) is 45.0 Å². The number of rotatable bonds is 5. The van der Waals surface area contributed by atoms with Gasteiger partial charge < -0.3 is 15.6 Å². The average Bonchev–Trinajstić information content (AvgIpc) is 2.83. The van der Waals surface area contributed by atoms with Crippen molar-refractivity contribution in [2.45, 2.75) is 38.7 Å². The van der Waals surface area contributed by atoms with Crippen molar-refractivity contribution in [1.29, 1.82) is 0 Å². The fourth-order valence-electron chi connectivity index (χ4n) is 3.16. The van der Waals surface area contributed by atoms with Crippen LogP contribution in [0.2, 0.25) is 0 Å². The average molecular weight is 313 g/mol. The van der Waals surface area contributed by atoms with Gasteiger partial charge in [-0.25, -0.2) is 4.98 Å². The Labute approximate surface area is 136 Å². The molecule has 2 aromatic rings. The minimum atomic E-state index is -0.807. The molecule has 1 aliphatic rings.